The second kappa shape index (κ2) is 5.79. The van der Waals surface area contributed by atoms with E-state index in [9.17, 15) is 9.59 Å². The van der Waals surface area contributed by atoms with Crippen LogP contribution in [0.2, 0.25) is 5.15 Å². The molecule has 2 rings (SSSR count). The van der Waals surface area contributed by atoms with Crippen LogP contribution >= 0.6 is 11.6 Å². The molecule has 1 amide bonds. The van der Waals surface area contributed by atoms with Crippen molar-refractivity contribution in [3.8, 4) is 0 Å². The first-order valence-corrected chi connectivity index (χ1v) is 6.20. The molecular formula is C12H13ClN4O3. The molecule has 0 radical (unpaired) electrons. The topological polar surface area (TPSA) is 103 Å². The van der Waals surface area contributed by atoms with E-state index in [1.54, 1.807) is 19.1 Å². The Bertz CT molecular complexity index is 666. The van der Waals surface area contributed by atoms with Crippen LogP contribution in [-0.4, -0.2) is 15.5 Å². The summed E-state index contributed by atoms with van der Waals surface area (Å²) in [5, 5.41) is 2.58. The van der Waals surface area contributed by atoms with E-state index in [4.69, 9.17) is 21.8 Å². The number of anilines is 1. The van der Waals surface area contributed by atoms with Crippen molar-refractivity contribution in [1.82, 2.24) is 14.9 Å². The number of aromatic nitrogens is 2. The van der Waals surface area contributed by atoms with Crippen molar-refractivity contribution in [3.63, 3.8) is 0 Å². The quantitative estimate of drug-likeness (QED) is 0.818. The summed E-state index contributed by atoms with van der Waals surface area (Å²) in [5.74, 6) is 0.263. The molecule has 0 spiro atoms. The second-order valence-corrected chi connectivity index (χ2v) is 4.49. The Labute approximate surface area is 119 Å². The molecule has 20 heavy (non-hydrogen) atoms. The maximum Gasteiger partial charge on any atom is 0.278 e. The zero-order valence-electron chi connectivity index (χ0n) is 10.7. The largest absolute Gasteiger partial charge is 0.467 e. The molecule has 7 nitrogen and oxygen atoms in total. The molecule has 106 valence electrons. The lowest BCUT2D eigenvalue weighted by Gasteiger charge is -2.14. The number of hydrogen-bond acceptors (Lipinski definition) is 5. The van der Waals surface area contributed by atoms with Crippen LogP contribution in [0.5, 0.6) is 0 Å². The van der Waals surface area contributed by atoms with Crippen molar-refractivity contribution >= 4 is 23.2 Å². The van der Waals surface area contributed by atoms with Gasteiger partial charge in [-0.05, 0) is 19.1 Å². The van der Waals surface area contributed by atoms with Crippen LogP contribution < -0.4 is 16.6 Å². The fourth-order valence-electron chi connectivity index (χ4n) is 1.60. The first-order valence-electron chi connectivity index (χ1n) is 5.83. The van der Waals surface area contributed by atoms with Crippen LogP contribution in [0.25, 0.3) is 0 Å². The number of nitrogens with one attached hydrogen (secondary N) is 1. The van der Waals surface area contributed by atoms with Crippen molar-refractivity contribution in [2.24, 2.45) is 0 Å². The molecule has 0 aliphatic heterocycles. The van der Waals surface area contributed by atoms with Gasteiger partial charge in [-0.25, -0.2) is 4.98 Å². The standard InChI is InChI=1S/C12H13ClN4O3/c1-7(11(18)15-5-8-3-2-4-20-8)17-6-16-10(13)9(14)12(17)19/h2-4,6-7H,5,14H2,1H3,(H,15,18). The number of nitrogen functional groups attached to an aromatic ring is 1. The van der Waals surface area contributed by atoms with Gasteiger partial charge in [0.2, 0.25) is 5.91 Å². The maximum absolute atomic E-state index is 12.0. The molecule has 1 unspecified atom stereocenters. The first-order chi connectivity index (χ1) is 9.50. The van der Waals surface area contributed by atoms with Gasteiger partial charge in [-0.3, -0.25) is 14.2 Å². The number of rotatable bonds is 4. The minimum atomic E-state index is -0.760. The monoisotopic (exact) mass is 296 g/mol. The summed E-state index contributed by atoms with van der Waals surface area (Å²) in [6.45, 7) is 1.80. The molecule has 0 fully saturated rings. The van der Waals surface area contributed by atoms with E-state index in [0.717, 1.165) is 4.57 Å². The van der Waals surface area contributed by atoms with Crippen LogP contribution in [0.15, 0.2) is 33.9 Å². The number of halogens is 1. The summed E-state index contributed by atoms with van der Waals surface area (Å²) in [4.78, 5) is 27.6. The smallest absolute Gasteiger partial charge is 0.278 e. The highest BCUT2D eigenvalue weighted by Crippen LogP contribution is 2.11. The van der Waals surface area contributed by atoms with Crippen LogP contribution in [0.3, 0.4) is 0 Å². The molecular weight excluding hydrogens is 284 g/mol. The van der Waals surface area contributed by atoms with E-state index in [1.807, 2.05) is 0 Å². The number of nitrogens with two attached hydrogens (primary N) is 1. The minimum Gasteiger partial charge on any atom is -0.467 e. The Hall–Kier alpha value is -2.28. The Morgan fingerprint density at radius 1 is 1.65 bits per heavy atom. The van der Waals surface area contributed by atoms with Crippen LogP contribution in [0.1, 0.15) is 18.7 Å². The molecule has 2 aromatic rings. The molecule has 2 heterocycles. The fourth-order valence-corrected chi connectivity index (χ4v) is 1.72. The highest BCUT2D eigenvalue weighted by Gasteiger charge is 2.18. The van der Waals surface area contributed by atoms with Gasteiger partial charge in [0.15, 0.2) is 5.15 Å². The second-order valence-electron chi connectivity index (χ2n) is 4.13. The number of carbonyl (C=O) groups is 1. The third-order valence-corrected chi connectivity index (χ3v) is 3.10. The molecule has 0 aromatic carbocycles. The molecule has 3 N–H and O–H groups in total. The van der Waals surface area contributed by atoms with E-state index >= 15 is 0 Å². The summed E-state index contributed by atoms with van der Waals surface area (Å²) < 4.78 is 6.22. The number of amides is 1. The third-order valence-electron chi connectivity index (χ3n) is 2.80. The molecule has 0 saturated heterocycles. The summed E-state index contributed by atoms with van der Waals surface area (Å²) in [6, 6.07) is 2.70. The average Bonchev–Trinajstić information content (AvgIpc) is 2.95. The number of hydrogen-bond donors (Lipinski definition) is 2. The van der Waals surface area contributed by atoms with Crippen molar-refractivity contribution in [1.29, 1.82) is 0 Å². The SMILES string of the molecule is CC(C(=O)NCc1ccco1)n1cnc(Cl)c(N)c1=O. The predicted octanol–water partition coefficient (Wildman–Crippen LogP) is 0.949. The fraction of sp³-hybridized carbons (Fsp3) is 0.250. The molecule has 0 bridgehead atoms. The van der Waals surface area contributed by atoms with Gasteiger partial charge in [0, 0.05) is 0 Å². The van der Waals surface area contributed by atoms with Gasteiger partial charge >= 0.3 is 0 Å². The molecule has 0 saturated carbocycles. The number of carbonyl (C=O) groups excluding carboxylic acids is 1. The molecule has 2 aromatic heterocycles. The van der Waals surface area contributed by atoms with Gasteiger partial charge in [0.05, 0.1) is 12.8 Å². The summed E-state index contributed by atoms with van der Waals surface area (Å²) in [7, 11) is 0. The van der Waals surface area contributed by atoms with Crippen molar-refractivity contribution in [2.75, 3.05) is 5.73 Å². The Balaban J connectivity index is 2.11. The Morgan fingerprint density at radius 3 is 3.05 bits per heavy atom. The van der Waals surface area contributed by atoms with Crippen LogP contribution in [0, 0.1) is 0 Å². The first kappa shape index (κ1) is 14.1. The van der Waals surface area contributed by atoms with E-state index in [1.165, 1.54) is 12.6 Å². The Morgan fingerprint density at radius 2 is 2.40 bits per heavy atom. The normalized spacial score (nSPS) is 12.1. The van der Waals surface area contributed by atoms with E-state index in [2.05, 4.69) is 10.3 Å². The lowest BCUT2D eigenvalue weighted by molar-refractivity contribution is -0.124. The van der Waals surface area contributed by atoms with Crippen molar-refractivity contribution in [3.05, 3.63) is 46.0 Å². The predicted molar refractivity (Wildman–Crippen MR) is 73.2 cm³/mol. The van der Waals surface area contributed by atoms with Gasteiger partial charge in [-0.2, -0.15) is 0 Å². The van der Waals surface area contributed by atoms with Crippen LogP contribution in [-0.2, 0) is 11.3 Å². The summed E-state index contributed by atoms with van der Waals surface area (Å²) in [6.07, 6.45) is 2.71. The van der Waals surface area contributed by atoms with Gasteiger partial charge < -0.3 is 15.5 Å². The summed E-state index contributed by atoms with van der Waals surface area (Å²) in [5.41, 5.74) is 4.77. The highest BCUT2D eigenvalue weighted by atomic mass is 35.5. The molecule has 0 aliphatic carbocycles. The molecule has 8 heteroatoms. The minimum absolute atomic E-state index is 0.0746. The number of furan rings is 1. The lowest BCUT2D eigenvalue weighted by Crippen LogP contribution is -2.36. The van der Waals surface area contributed by atoms with E-state index < -0.39 is 11.6 Å². The van der Waals surface area contributed by atoms with Gasteiger partial charge in [-0.15, -0.1) is 0 Å². The lowest BCUT2D eigenvalue weighted by atomic mass is 10.3. The highest BCUT2D eigenvalue weighted by molar-refractivity contribution is 6.31. The van der Waals surface area contributed by atoms with Crippen LogP contribution in [0.4, 0.5) is 5.69 Å². The Kier molecular flexibility index (Phi) is 4.09. The van der Waals surface area contributed by atoms with Gasteiger partial charge in [0.25, 0.3) is 5.56 Å². The van der Waals surface area contributed by atoms with Gasteiger partial charge in [0.1, 0.15) is 23.8 Å². The molecule has 1 atom stereocenters. The number of nitrogens with zero attached hydrogens (tertiary/aromatic N) is 2. The zero-order valence-corrected chi connectivity index (χ0v) is 11.4. The molecule has 0 aliphatic rings. The van der Waals surface area contributed by atoms with E-state index in [-0.39, 0.29) is 23.3 Å². The van der Waals surface area contributed by atoms with Gasteiger partial charge in [-0.1, -0.05) is 11.6 Å². The summed E-state index contributed by atoms with van der Waals surface area (Å²) >= 11 is 5.64. The third kappa shape index (κ3) is 2.83. The van der Waals surface area contributed by atoms with Crippen molar-refractivity contribution in [2.45, 2.75) is 19.5 Å². The van der Waals surface area contributed by atoms with E-state index in [0.29, 0.717) is 5.76 Å². The average molecular weight is 297 g/mol. The zero-order chi connectivity index (χ0) is 14.7. The maximum atomic E-state index is 12.0. The van der Waals surface area contributed by atoms with Crippen molar-refractivity contribution < 1.29 is 9.21 Å².